The summed E-state index contributed by atoms with van der Waals surface area (Å²) >= 11 is 6.37. The van der Waals surface area contributed by atoms with Crippen molar-refractivity contribution in [2.75, 3.05) is 0 Å². The number of fused-ring (bicyclic) bond motifs is 1. The summed E-state index contributed by atoms with van der Waals surface area (Å²) in [6.45, 7) is 4.04. The number of aromatic nitrogens is 3. The molecule has 96 valence electrons. The zero-order chi connectivity index (χ0) is 13.4. The SMILES string of the molecule is Cc1cccc2nc(-c3ccncc3)c(C(C)Cl)n12. The van der Waals surface area contributed by atoms with E-state index in [1.54, 1.807) is 12.4 Å². The van der Waals surface area contributed by atoms with Gasteiger partial charge < -0.3 is 0 Å². The monoisotopic (exact) mass is 271 g/mol. The van der Waals surface area contributed by atoms with Gasteiger partial charge in [0.25, 0.3) is 0 Å². The van der Waals surface area contributed by atoms with E-state index >= 15 is 0 Å². The highest BCUT2D eigenvalue weighted by molar-refractivity contribution is 6.20. The van der Waals surface area contributed by atoms with Crippen molar-refractivity contribution in [2.45, 2.75) is 19.2 Å². The van der Waals surface area contributed by atoms with E-state index in [0.29, 0.717) is 0 Å². The highest BCUT2D eigenvalue weighted by Crippen LogP contribution is 2.32. The molecule has 1 unspecified atom stereocenters. The molecule has 0 saturated heterocycles. The van der Waals surface area contributed by atoms with Crippen molar-refractivity contribution in [3.8, 4) is 11.3 Å². The Morgan fingerprint density at radius 2 is 1.89 bits per heavy atom. The van der Waals surface area contributed by atoms with Gasteiger partial charge in [-0.3, -0.25) is 9.38 Å². The van der Waals surface area contributed by atoms with Crippen LogP contribution in [0.15, 0.2) is 42.7 Å². The number of nitrogens with zero attached hydrogens (tertiary/aromatic N) is 3. The zero-order valence-corrected chi connectivity index (χ0v) is 11.6. The summed E-state index contributed by atoms with van der Waals surface area (Å²) in [5.41, 5.74) is 5.06. The van der Waals surface area contributed by atoms with Gasteiger partial charge >= 0.3 is 0 Å². The highest BCUT2D eigenvalue weighted by atomic mass is 35.5. The first-order valence-electron chi connectivity index (χ1n) is 6.21. The summed E-state index contributed by atoms with van der Waals surface area (Å²) < 4.78 is 2.12. The van der Waals surface area contributed by atoms with Gasteiger partial charge in [-0.2, -0.15) is 0 Å². The molecule has 3 rings (SSSR count). The molecule has 3 aromatic rings. The van der Waals surface area contributed by atoms with Gasteiger partial charge in [-0.15, -0.1) is 11.6 Å². The molecule has 0 fully saturated rings. The van der Waals surface area contributed by atoms with Crippen molar-refractivity contribution in [1.82, 2.24) is 14.4 Å². The third-order valence-corrected chi connectivity index (χ3v) is 3.41. The van der Waals surface area contributed by atoms with Gasteiger partial charge in [0.1, 0.15) is 5.65 Å². The van der Waals surface area contributed by atoms with E-state index in [1.165, 1.54) is 0 Å². The molecule has 3 nitrogen and oxygen atoms in total. The number of rotatable bonds is 2. The molecule has 0 saturated carbocycles. The molecular formula is C15H14ClN3. The lowest BCUT2D eigenvalue weighted by molar-refractivity contribution is 0.936. The number of imidazole rings is 1. The van der Waals surface area contributed by atoms with Crippen LogP contribution in [-0.4, -0.2) is 14.4 Å². The van der Waals surface area contributed by atoms with Gasteiger partial charge in [-0.1, -0.05) is 6.07 Å². The molecule has 0 radical (unpaired) electrons. The van der Waals surface area contributed by atoms with Crippen LogP contribution in [0.4, 0.5) is 0 Å². The van der Waals surface area contributed by atoms with Crippen LogP contribution in [-0.2, 0) is 0 Å². The summed E-state index contributed by atoms with van der Waals surface area (Å²) in [5.74, 6) is 0. The van der Waals surface area contributed by atoms with E-state index in [9.17, 15) is 0 Å². The molecule has 0 aromatic carbocycles. The van der Waals surface area contributed by atoms with E-state index in [1.807, 2.05) is 31.2 Å². The maximum absolute atomic E-state index is 6.37. The molecule has 3 aromatic heterocycles. The molecule has 3 heterocycles. The fourth-order valence-corrected chi connectivity index (χ4v) is 2.57. The Hall–Kier alpha value is -1.87. The molecule has 19 heavy (non-hydrogen) atoms. The maximum Gasteiger partial charge on any atom is 0.137 e. The highest BCUT2D eigenvalue weighted by Gasteiger charge is 2.18. The van der Waals surface area contributed by atoms with Gasteiger partial charge in [-0.25, -0.2) is 4.98 Å². The van der Waals surface area contributed by atoms with Crippen LogP contribution in [0.5, 0.6) is 0 Å². The molecule has 0 N–H and O–H groups in total. The smallest absolute Gasteiger partial charge is 0.137 e. The average Bonchev–Trinajstić information content (AvgIpc) is 2.81. The van der Waals surface area contributed by atoms with Gasteiger partial charge in [0.15, 0.2) is 0 Å². The van der Waals surface area contributed by atoms with Crippen molar-refractivity contribution in [1.29, 1.82) is 0 Å². The lowest BCUT2D eigenvalue weighted by atomic mass is 10.1. The lowest BCUT2D eigenvalue weighted by Crippen LogP contribution is -1.98. The van der Waals surface area contributed by atoms with Crippen LogP contribution >= 0.6 is 11.6 Å². The largest absolute Gasteiger partial charge is 0.299 e. The van der Waals surface area contributed by atoms with Crippen LogP contribution in [0.2, 0.25) is 0 Å². The fourth-order valence-electron chi connectivity index (χ4n) is 2.37. The van der Waals surface area contributed by atoms with Crippen LogP contribution in [0.1, 0.15) is 23.7 Å². The molecular weight excluding hydrogens is 258 g/mol. The van der Waals surface area contributed by atoms with E-state index in [-0.39, 0.29) is 5.38 Å². The van der Waals surface area contributed by atoms with E-state index in [4.69, 9.17) is 16.6 Å². The molecule has 0 amide bonds. The van der Waals surface area contributed by atoms with Crippen molar-refractivity contribution in [3.05, 3.63) is 54.1 Å². The van der Waals surface area contributed by atoms with E-state index in [2.05, 4.69) is 22.4 Å². The molecule has 0 spiro atoms. The van der Waals surface area contributed by atoms with Crippen molar-refractivity contribution >= 4 is 17.2 Å². The van der Waals surface area contributed by atoms with Gasteiger partial charge in [0.2, 0.25) is 0 Å². The van der Waals surface area contributed by atoms with Crippen LogP contribution in [0.25, 0.3) is 16.9 Å². The zero-order valence-electron chi connectivity index (χ0n) is 10.8. The Morgan fingerprint density at radius 3 is 2.58 bits per heavy atom. The molecule has 4 heteroatoms. The normalized spacial score (nSPS) is 12.8. The summed E-state index contributed by atoms with van der Waals surface area (Å²) in [6.07, 6.45) is 3.55. The van der Waals surface area contributed by atoms with Crippen LogP contribution in [0, 0.1) is 6.92 Å². The second kappa shape index (κ2) is 4.67. The van der Waals surface area contributed by atoms with Crippen molar-refractivity contribution in [2.24, 2.45) is 0 Å². The first-order chi connectivity index (χ1) is 9.18. The number of halogens is 1. The molecule has 1 atom stereocenters. The predicted molar refractivity (Wildman–Crippen MR) is 77.4 cm³/mol. The Kier molecular flexibility index (Phi) is 2.99. The molecule has 0 bridgehead atoms. The van der Waals surface area contributed by atoms with Crippen LogP contribution < -0.4 is 0 Å². The van der Waals surface area contributed by atoms with Crippen LogP contribution in [0.3, 0.4) is 0 Å². The summed E-state index contributed by atoms with van der Waals surface area (Å²) in [7, 11) is 0. The molecule has 0 aliphatic carbocycles. The number of pyridine rings is 2. The quantitative estimate of drug-likeness (QED) is 0.660. The predicted octanol–water partition coefficient (Wildman–Crippen LogP) is 4.00. The molecule has 0 aliphatic heterocycles. The van der Waals surface area contributed by atoms with E-state index < -0.39 is 0 Å². The summed E-state index contributed by atoms with van der Waals surface area (Å²) in [6, 6.07) is 9.99. The van der Waals surface area contributed by atoms with Crippen molar-refractivity contribution in [3.63, 3.8) is 0 Å². The summed E-state index contributed by atoms with van der Waals surface area (Å²) in [4.78, 5) is 8.77. The second-order valence-electron chi connectivity index (χ2n) is 4.56. The number of hydrogen-bond donors (Lipinski definition) is 0. The van der Waals surface area contributed by atoms with Gasteiger partial charge in [0, 0.05) is 23.7 Å². The number of aryl methyl sites for hydroxylation is 1. The summed E-state index contributed by atoms with van der Waals surface area (Å²) in [5, 5.41) is -0.112. The minimum Gasteiger partial charge on any atom is -0.299 e. The maximum atomic E-state index is 6.37. The van der Waals surface area contributed by atoms with Crippen molar-refractivity contribution < 1.29 is 0 Å². The molecule has 0 aliphatic rings. The van der Waals surface area contributed by atoms with E-state index in [0.717, 1.165) is 28.3 Å². The Balaban J connectivity index is 2.37. The second-order valence-corrected chi connectivity index (χ2v) is 5.21. The first-order valence-corrected chi connectivity index (χ1v) is 6.64. The Bertz CT molecular complexity index is 717. The van der Waals surface area contributed by atoms with Gasteiger partial charge in [-0.05, 0) is 38.1 Å². The fraction of sp³-hybridized carbons (Fsp3) is 0.200. The Labute approximate surface area is 116 Å². The minimum absolute atomic E-state index is 0.112. The third kappa shape index (κ3) is 2.00. The van der Waals surface area contributed by atoms with Gasteiger partial charge in [0.05, 0.1) is 16.8 Å². The average molecular weight is 272 g/mol. The number of hydrogen-bond acceptors (Lipinski definition) is 2. The topological polar surface area (TPSA) is 30.2 Å². The standard InChI is InChI=1S/C15H14ClN3/c1-10-4-3-5-13-18-14(12-6-8-17-9-7-12)15(11(2)16)19(10)13/h3-9,11H,1-2H3. The number of alkyl halides is 1. The lowest BCUT2D eigenvalue weighted by Gasteiger charge is -2.09. The Morgan fingerprint density at radius 1 is 1.16 bits per heavy atom. The third-order valence-electron chi connectivity index (χ3n) is 3.20. The first kappa shape index (κ1) is 12.2. The minimum atomic E-state index is -0.112.